The molecule has 1 aromatic heterocycles. The second kappa shape index (κ2) is 8.31. The van der Waals surface area contributed by atoms with Crippen LogP contribution in [0, 0.1) is 11.3 Å². The van der Waals surface area contributed by atoms with Gasteiger partial charge < -0.3 is 9.80 Å². The molecule has 29 heavy (non-hydrogen) atoms. The van der Waals surface area contributed by atoms with Crippen LogP contribution in [0.4, 0.5) is 0 Å². The van der Waals surface area contributed by atoms with Gasteiger partial charge >= 0.3 is 0 Å². The number of thiophene rings is 1. The molecule has 154 valence electrons. The largest absolute Gasteiger partial charge is 0.343 e. The van der Waals surface area contributed by atoms with Gasteiger partial charge in [0.05, 0.1) is 5.41 Å². The van der Waals surface area contributed by atoms with Gasteiger partial charge in [-0.25, -0.2) is 0 Å². The van der Waals surface area contributed by atoms with Crippen LogP contribution in [0.15, 0.2) is 41.8 Å². The summed E-state index contributed by atoms with van der Waals surface area (Å²) in [6.45, 7) is 6.74. The molecule has 4 rings (SSSR count). The molecule has 2 aliphatic rings. The number of amides is 2. The quantitative estimate of drug-likeness (QED) is 0.676. The maximum absolute atomic E-state index is 13.7. The number of hydrogen-bond acceptors (Lipinski definition) is 3. The first kappa shape index (κ1) is 20.1. The Morgan fingerprint density at radius 1 is 1.14 bits per heavy atom. The normalized spacial score (nSPS) is 21.4. The number of carbonyl (C=O) groups excluding carboxylic acids is 2. The molecule has 0 bridgehead atoms. The van der Waals surface area contributed by atoms with Crippen molar-refractivity contribution >= 4 is 23.2 Å². The van der Waals surface area contributed by atoms with Gasteiger partial charge in [-0.3, -0.25) is 9.59 Å². The van der Waals surface area contributed by atoms with Gasteiger partial charge in [-0.05, 0) is 62.1 Å². The van der Waals surface area contributed by atoms with Crippen LogP contribution >= 0.6 is 11.3 Å². The lowest BCUT2D eigenvalue weighted by atomic mass is 9.78. The van der Waals surface area contributed by atoms with Gasteiger partial charge in [0.1, 0.15) is 0 Å². The lowest BCUT2D eigenvalue weighted by Gasteiger charge is -2.34. The predicted octanol–water partition coefficient (Wildman–Crippen LogP) is 4.45. The van der Waals surface area contributed by atoms with Crippen molar-refractivity contribution in [2.24, 2.45) is 11.3 Å². The molecule has 2 amide bonds. The number of nitrogens with zero attached hydrogens (tertiary/aromatic N) is 2. The zero-order valence-corrected chi connectivity index (χ0v) is 18.2. The van der Waals surface area contributed by atoms with E-state index >= 15 is 0 Å². The van der Waals surface area contributed by atoms with Crippen LogP contribution in [0.3, 0.4) is 0 Å². The lowest BCUT2D eigenvalue weighted by Crippen LogP contribution is -2.47. The second-order valence-corrected chi connectivity index (χ2v) is 9.30. The van der Waals surface area contributed by atoms with Crippen molar-refractivity contribution in [1.29, 1.82) is 0 Å². The van der Waals surface area contributed by atoms with Crippen LogP contribution in [0.2, 0.25) is 0 Å². The standard InChI is InChI=1S/C24H30N2O2S/c1-3-25(4-2)23(28)24(13-14-26(17-24)22(27)18-11-12-18)16-19-8-5-6-9-20(19)21-10-7-15-29-21/h5-10,15,18H,3-4,11-14,16-17H2,1-2H3/t24-/m0/s1. The van der Waals surface area contributed by atoms with Crippen molar-refractivity contribution < 1.29 is 9.59 Å². The first-order valence-corrected chi connectivity index (χ1v) is 11.7. The van der Waals surface area contributed by atoms with E-state index in [1.165, 1.54) is 16.0 Å². The minimum absolute atomic E-state index is 0.202. The van der Waals surface area contributed by atoms with Gasteiger partial charge in [-0.15, -0.1) is 11.3 Å². The molecule has 2 fully saturated rings. The van der Waals surface area contributed by atoms with Gasteiger partial charge in [0.2, 0.25) is 11.8 Å². The van der Waals surface area contributed by atoms with Gasteiger partial charge in [0, 0.05) is 37.0 Å². The fourth-order valence-electron chi connectivity index (χ4n) is 4.60. The Bertz CT molecular complexity index is 871. The molecular formula is C24H30N2O2S. The van der Waals surface area contributed by atoms with Gasteiger partial charge in [-0.1, -0.05) is 30.3 Å². The fraction of sp³-hybridized carbons (Fsp3) is 0.500. The lowest BCUT2D eigenvalue weighted by molar-refractivity contribution is -0.142. The molecule has 2 aromatic rings. The van der Waals surface area contributed by atoms with Crippen molar-refractivity contribution in [3.05, 3.63) is 47.3 Å². The van der Waals surface area contributed by atoms with E-state index in [2.05, 4.69) is 41.8 Å². The van der Waals surface area contributed by atoms with E-state index in [9.17, 15) is 9.59 Å². The maximum atomic E-state index is 13.7. The molecule has 5 heteroatoms. The smallest absolute Gasteiger partial charge is 0.230 e. The minimum Gasteiger partial charge on any atom is -0.343 e. The average molecular weight is 411 g/mol. The Morgan fingerprint density at radius 3 is 2.55 bits per heavy atom. The summed E-state index contributed by atoms with van der Waals surface area (Å²) in [5, 5.41) is 2.09. The molecule has 1 aromatic carbocycles. The monoisotopic (exact) mass is 410 g/mol. The molecule has 1 saturated carbocycles. The van der Waals surface area contributed by atoms with Crippen LogP contribution in [0.5, 0.6) is 0 Å². The molecule has 0 unspecified atom stereocenters. The zero-order chi connectivity index (χ0) is 20.4. The SMILES string of the molecule is CCN(CC)C(=O)[C@]1(Cc2ccccc2-c2cccs2)CCN(C(=O)C2CC2)C1. The second-order valence-electron chi connectivity index (χ2n) is 8.35. The molecule has 0 N–H and O–H groups in total. The van der Waals surface area contributed by atoms with Crippen LogP contribution in [0.1, 0.15) is 38.7 Å². The van der Waals surface area contributed by atoms with E-state index in [-0.39, 0.29) is 17.7 Å². The van der Waals surface area contributed by atoms with E-state index in [4.69, 9.17) is 0 Å². The summed E-state index contributed by atoms with van der Waals surface area (Å²) in [7, 11) is 0. The predicted molar refractivity (Wildman–Crippen MR) is 118 cm³/mol. The minimum atomic E-state index is -0.524. The summed E-state index contributed by atoms with van der Waals surface area (Å²) in [5.41, 5.74) is 1.89. The number of benzene rings is 1. The zero-order valence-electron chi connectivity index (χ0n) is 17.4. The summed E-state index contributed by atoms with van der Waals surface area (Å²) in [6.07, 6.45) is 3.45. The van der Waals surface area contributed by atoms with E-state index in [0.717, 1.165) is 19.3 Å². The summed E-state index contributed by atoms with van der Waals surface area (Å²) in [6, 6.07) is 12.6. The van der Waals surface area contributed by atoms with Crippen molar-refractivity contribution in [2.45, 2.75) is 39.5 Å². The third-order valence-electron chi connectivity index (χ3n) is 6.43. The molecule has 1 aliphatic carbocycles. The van der Waals surface area contributed by atoms with E-state index in [0.29, 0.717) is 32.6 Å². The van der Waals surface area contributed by atoms with Gasteiger partial charge in [-0.2, -0.15) is 0 Å². The van der Waals surface area contributed by atoms with Crippen LogP contribution in [-0.4, -0.2) is 47.8 Å². The summed E-state index contributed by atoms with van der Waals surface area (Å²) < 4.78 is 0. The van der Waals surface area contributed by atoms with Crippen molar-refractivity contribution in [2.75, 3.05) is 26.2 Å². The first-order chi connectivity index (χ1) is 14.1. The highest BCUT2D eigenvalue weighted by molar-refractivity contribution is 7.13. The van der Waals surface area contributed by atoms with Crippen molar-refractivity contribution in [1.82, 2.24) is 9.80 Å². The number of hydrogen-bond donors (Lipinski definition) is 0. The third-order valence-corrected chi connectivity index (χ3v) is 7.33. The molecule has 1 aliphatic heterocycles. The number of likely N-dealkylation sites (tertiary alicyclic amines) is 1. The molecule has 2 heterocycles. The Hall–Kier alpha value is -2.14. The van der Waals surface area contributed by atoms with Gasteiger partial charge in [0.25, 0.3) is 0 Å². The summed E-state index contributed by atoms with van der Waals surface area (Å²) in [5.74, 6) is 0.660. The molecule has 0 radical (unpaired) electrons. The molecular weight excluding hydrogens is 380 g/mol. The van der Waals surface area contributed by atoms with E-state index in [1.54, 1.807) is 11.3 Å². The summed E-state index contributed by atoms with van der Waals surface area (Å²) in [4.78, 5) is 31.6. The van der Waals surface area contributed by atoms with Crippen LogP contribution in [-0.2, 0) is 16.0 Å². The fourth-order valence-corrected chi connectivity index (χ4v) is 5.39. The Morgan fingerprint density at radius 2 is 1.90 bits per heavy atom. The number of rotatable bonds is 7. The van der Waals surface area contributed by atoms with Gasteiger partial charge in [0.15, 0.2) is 0 Å². The third kappa shape index (κ3) is 3.97. The highest BCUT2D eigenvalue weighted by Crippen LogP contribution is 2.41. The Balaban J connectivity index is 1.67. The topological polar surface area (TPSA) is 40.6 Å². The average Bonchev–Trinajstić information content (AvgIpc) is 3.27. The van der Waals surface area contributed by atoms with E-state index in [1.807, 2.05) is 23.6 Å². The number of carbonyl (C=O) groups is 2. The molecule has 0 spiro atoms. The van der Waals surface area contributed by atoms with Crippen LogP contribution in [0.25, 0.3) is 10.4 Å². The highest BCUT2D eigenvalue weighted by atomic mass is 32.1. The summed E-state index contributed by atoms with van der Waals surface area (Å²) >= 11 is 1.73. The molecule has 1 saturated heterocycles. The Kier molecular flexibility index (Phi) is 5.77. The molecule has 1 atom stereocenters. The maximum Gasteiger partial charge on any atom is 0.230 e. The van der Waals surface area contributed by atoms with E-state index < -0.39 is 5.41 Å². The molecule has 4 nitrogen and oxygen atoms in total. The van der Waals surface area contributed by atoms with Crippen molar-refractivity contribution in [3.63, 3.8) is 0 Å². The van der Waals surface area contributed by atoms with Crippen molar-refractivity contribution in [3.8, 4) is 10.4 Å². The Labute approximate surface area is 177 Å². The highest BCUT2D eigenvalue weighted by Gasteiger charge is 2.49. The van der Waals surface area contributed by atoms with Crippen LogP contribution < -0.4 is 0 Å². The first-order valence-electron chi connectivity index (χ1n) is 10.8.